The molecule has 0 aliphatic heterocycles. The van der Waals surface area contributed by atoms with Crippen molar-refractivity contribution in [2.75, 3.05) is 12.4 Å². The Balaban J connectivity index is 1.88. The van der Waals surface area contributed by atoms with Crippen molar-refractivity contribution in [2.45, 2.75) is 33.7 Å². The summed E-state index contributed by atoms with van der Waals surface area (Å²) in [6.45, 7) is 8.03. The van der Waals surface area contributed by atoms with Crippen LogP contribution >= 0.6 is 0 Å². The fourth-order valence-corrected chi connectivity index (χ4v) is 3.34. The van der Waals surface area contributed by atoms with Gasteiger partial charge < -0.3 is 14.6 Å². The van der Waals surface area contributed by atoms with Crippen LogP contribution in [0, 0.1) is 20.8 Å². The van der Waals surface area contributed by atoms with E-state index in [1.807, 2.05) is 55.8 Å². The summed E-state index contributed by atoms with van der Waals surface area (Å²) in [4.78, 5) is 12.8. The smallest absolute Gasteiger partial charge is 0.247 e. The van der Waals surface area contributed by atoms with Crippen molar-refractivity contribution in [3.8, 4) is 5.75 Å². The average molecular weight is 336 g/mol. The minimum Gasteiger partial charge on any atom is -0.497 e. The highest BCUT2D eigenvalue weighted by Gasteiger charge is 2.18. The number of benzene rings is 2. The van der Waals surface area contributed by atoms with Crippen molar-refractivity contribution in [2.24, 2.45) is 0 Å². The van der Waals surface area contributed by atoms with E-state index >= 15 is 0 Å². The topological polar surface area (TPSA) is 43.3 Å². The van der Waals surface area contributed by atoms with E-state index in [1.54, 1.807) is 7.11 Å². The van der Waals surface area contributed by atoms with Gasteiger partial charge in [0.1, 0.15) is 11.8 Å². The van der Waals surface area contributed by atoms with Gasteiger partial charge in [-0.1, -0.05) is 17.7 Å². The van der Waals surface area contributed by atoms with Crippen LogP contribution in [0.15, 0.2) is 42.6 Å². The SMILES string of the molecule is COc1ccc2c(ccn2C(C)C(=O)Nc2c(C)cc(C)cc2C)c1. The Morgan fingerprint density at radius 3 is 2.40 bits per heavy atom. The molecule has 1 heterocycles. The van der Waals surface area contributed by atoms with E-state index in [1.165, 1.54) is 5.56 Å². The van der Waals surface area contributed by atoms with Gasteiger partial charge in [0.15, 0.2) is 0 Å². The normalized spacial score (nSPS) is 12.2. The second-order valence-electron chi connectivity index (χ2n) is 6.59. The molecule has 0 saturated heterocycles. The van der Waals surface area contributed by atoms with Crippen LogP contribution in [0.25, 0.3) is 10.9 Å². The maximum Gasteiger partial charge on any atom is 0.247 e. The molecule has 1 unspecified atom stereocenters. The predicted molar refractivity (Wildman–Crippen MR) is 102 cm³/mol. The molecule has 130 valence electrons. The molecule has 4 nitrogen and oxygen atoms in total. The number of anilines is 1. The van der Waals surface area contributed by atoms with Crippen molar-refractivity contribution in [1.29, 1.82) is 0 Å². The number of methoxy groups -OCH3 is 1. The molecular weight excluding hydrogens is 312 g/mol. The van der Waals surface area contributed by atoms with Crippen LogP contribution in [0.2, 0.25) is 0 Å². The standard InChI is InChI=1S/C21H24N2O2/c1-13-10-14(2)20(15(3)11-13)22-21(24)16(4)23-9-8-17-12-18(25-5)6-7-19(17)23/h6-12,16H,1-5H3,(H,22,24). The number of amides is 1. The fourth-order valence-electron chi connectivity index (χ4n) is 3.34. The summed E-state index contributed by atoms with van der Waals surface area (Å²) in [5.41, 5.74) is 5.29. The Kier molecular flexibility index (Phi) is 4.53. The Bertz CT molecular complexity index is 917. The molecule has 0 fully saturated rings. The number of aromatic nitrogens is 1. The first-order chi connectivity index (χ1) is 11.9. The van der Waals surface area contributed by atoms with Gasteiger partial charge in [0.05, 0.1) is 7.11 Å². The number of rotatable bonds is 4. The van der Waals surface area contributed by atoms with Gasteiger partial charge in [-0.05, 0) is 63.1 Å². The van der Waals surface area contributed by atoms with E-state index in [0.29, 0.717) is 0 Å². The zero-order valence-corrected chi connectivity index (χ0v) is 15.4. The summed E-state index contributed by atoms with van der Waals surface area (Å²) < 4.78 is 7.25. The molecule has 1 N–H and O–H groups in total. The molecule has 3 rings (SSSR count). The van der Waals surface area contributed by atoms with Crippen LogP contribution in [0.1, 0.15) is 29.7 Å². The lowest BCUT2D eigenvalue weighted by molar-refractivity contribution is -0.118. The van der Waals surface area contributed by atoms with Crippen molar-refractivity contribution in [1.82, 2.24) is 4.57 Å². The number of ether oxygens (including phenoxy) is 1. The lowest BCUT2D eigenvalue weighted by Crippen LogP contribution is -2.24. The largest absolute Gasteiger partial charge is 0.497 e. The third-order valence-electron chi connectivity index (χ3n) is 4.65. The highest BCUT2D eigenvalue weighted by Crippen LogP contribution is 2.27. The van der Waals surface area contributed by atoms with Gasteiger partial charge in [0.25, 0.3) is 0 Å². The molecule has 0 aliphatic rings. The maximum absolute atomic E-state index is 12.8. The summed E-state index contributed by atoms with van der Waals surface area (Å²) >= 11 is 0. The molecule has 0 bridgehead atoms. The number of carbonyl (C=O) groups is 1. The lowest BCUT2D eigenvalue weighted by atomic mass is 10.0. The second-order valence-corrected chi connectivity index (χ2v) is 6.59. The number of nitrogens with zero attached hydrogens (tertiary/aromatic N) is 1. The second kappa shape index (κ2) is 6.63. The summed E-state index contributed by atoms with van der Waals surface area (Å²) in [5.74, 6) is 0.789. The van der Waals surface area contributed by atoms with E-state index in [9.17, 15) is 4.79 Å². The summed E-state index contributed by atoms with van der Waals surface area (Å²) in [6, 6.07) is 11.7. The van der Waals surface area contributed by atoms with Gasteiger partial charge in [-0.3, -0.25) is 4.79 Å². The maximum atomic E-state index is 12.8. The van der Waals surface area contributed by atoms with Gasteiger partial charge >= 0.3 is 0 Å². The van der Waals surface area contributed by atoms with Crippen LogP contribution in [0.3, 0.4) is 0 Å². The molecule has 0 saturated carbocycles. The number of fused-ring (bicyclic) bond motifs is 1. The van der Waals surface area contributed by atoms with E-state index < -0.39 is 0 Å². The van der Waals surface area contributed by atoms with Gasteiger partial charge in [0.2, 0.25) is 5.91 Å². The molecule has 25 heavy (non-hydrogen) atoms. The van der Waals surface area contributed by atoms with Crippen molar-refractivity contribution < 1.29 is 9.53 Å². The van der Waals surface area contributed by atoms with Gasteiger partial charge in [-0.2, -0.15) is 0 Å². The number of hydrogen-bond acceptors (Lipinski definition) is 2. The Hall–Kier alpha value is -2.75. The van der Waals surface area contributed by atoms with Crippen LogP contribution in [-0.4, -0.2) is 17.6 Å². The minimum absolute atomic E-state index is 0.0247. The zero-order valence-electron chi connectivity index (χ0n) is 15.4. The quantitative estimate of drug-likeness (QED) is 0.745. The van der Waals surface area contributed by atoms with Gasteiger partial charge in [-0.15, -0.1) is 0 Å². The molecule has 4 heteroatoms. The number of nitrogens with one attached hydrogen (secondary N) is 1. The molecule has 2 aromatic carbocycles. The van der Waals surface area contributed by atoms with E-state index in [2.05, 4.69) is 24.4 Å². The third-order valence-corrected chi connectivity index (χ3v) is 4.65. The number of aryl methyl sites for hydroxylation is 3. The minimum atomic E-state index is -0.314. The monoisotopic (exact) mass is 336 g/mol. The fraction of sp³-hybridized carbons (Fsp3) is 0.286. The van der Waals surface area contributed by atoms with Gasteiger partial charge in [0, 0.05) is 22.8 Å². The first kappa shape index (κ1) is 17.1. The van der Waals surface area contributed by atoms with Crippen molar-refractivity contribution in [3.63, 3.8) is 0 Å². The third kappa shape index (κ3) is 3.25. The highest BCUT2D eigenvalue weighted by atomic mass is 16.5. The van der Waals surface area contributed by atoms with Crippen molar-refractivity contribution in [3.05, 3.63) is 59.3 Å². The zero-order chi connectivity index (χ0) is 18.1. The lowest BCUT2D eigenvalue weighted by Gasteiger charge is -2.18. The molecule has 1 aromatic heterocycles. The van der Waals surface area contributed by atoms with Crippen molar-refractivity contribution >= 4 is 22.5 Å². The van der Waals surface area contributed by atoms with E-state index in [-0.39, 0.29) is 11.9 Å². The summed E-state index contributed by atoms with van der Waals surface area (Å²) in [6.07, 6.45) is 1.95. The molecule has 1 atom stereocenters. The summed E-state index contributed by atoms with van der Waals surface area (Å²) in [7, 11) is 1.65. The Morgan fingerprint density at radius 1 is 1.08 bits per heavy atom. The van der Waals surface area contributed by atoms with Crippen LogP contribution < -0.4 is 10.1 Å². The molecule has 0 aliphatic carbocycles. The summed E-state index contributed by atoms with van der Waals surface area (Å²) in [5, 5.41) is 4.15. The molecule has 1 amide bonds. The van der Waals surface area contributed by atoms with Gasteiger partial charge in [-0.25, -0.2) is 0 Å². The predicted octanol–water partition coefficient (Wildman–Crippen LogP) is 4.77. The molecular formula is C21H24N2O2. The number of carbonyl (C=O) groups excluding carboxylic acids is 1. The molecule has 3 aromatic rings. The average Bonchev–Trinajstić information content (AvgIpc) is 3.00. The molecule has 0 radical (unpaired) electrons. The van der Waals surface area contributed by atoms with Crippen LogP contribution in [0.5, 0.6) is 5.75 Å². The van der Waals surface area contributed by atoms with E-state index in [4.69, 9.17) is 4.74 Å². The highest BCUT2D eigenvalue weighted by molar-refractivity contribution is 5.96. The Labute approximate surface area is 148 Å². The number of hydrogen-bond donors (Lipinski definition) is 1. The van der Waals surface area contributed by atoms with E-state index in [0.717, 1.165) is 33.5 Å². The Morgan fingerprint density at radius 2 is 1.76 bits per heavy atom. The van der Waals surface area contributed by atoms with Crippen LogP contribution in [0.4, 0.5) is 5.69 Å². The van der Waals surface area contributed by atoms with Crippen LogP contribution in [-0.2, 0) is 4.79 Å². The first-order valence-corrected chi connectivity index (χ1v) is 8.44. The molecule has 0 spiro atoms. The first-order valence-electron chi connectivity index (χ1n) is 8.44.